The van der Waals surface area contributed by atoms with Gasteiger partial charge >= 0.3 is 0 Å². The standard InChI is InChI=1S/C17H30N2O2/c1-6-17(7-2,13-20)12-18-15-10-14(11-19(3)4)8-9-16(15)21-5/h8-10,18,20H,6-7,11-13H2,1-5H3. The van der Waals surface area contributed by atoms with E-state index in [1.165, 1.54) is 5.56 Å². The molecule has 4 nitrogen and oxygen atoms in total. The van der Waals surface area contributed by atoms with Crippen molar-refractivity contribution in [1.29, 1.82) is 0 Å². The Bertz CT molecular complexity index is 421. The normalized spacial score (nSPS) is 11.8. The second kappa shape index (κ2) is 8.25. The van der Waals surface area contributed by atoms with E-state index in [-0.39, 0.29) is 12.0 Å². The van der Waals surface area contributed by atoms with E-state index in [2.05, 4.69) is 50.3 Å². The summed E-state index contributed by atoms with van der Waals surface area (Å²) in [6.45, 7) is 6.10. The summed E-state index contributed by atoms with van der Waals surface area (Å²) in [5.74, 6) is 0.844. The lowest BCUT2D eigenvalue weighted by Gasteiger charge is -2.30. The van der Waals surface area contributed by atoms with Crippen LogP contribution in [-0.2, 0) is 6.54 Å². The summed E-state index contributed by atoms with van der Waals surface area (Å²) in [5.41, 5.74) is 2.17. The van der Waals surface area contributed by atoms with Crippen LogP contribution in [0.25, 0.3) is 0 Å². The Hall–Kier alpha value is -1.26. The molecule has 0 aliphatic carbocycles. The molecule has 0 aliphatic rings. The van der Waals surface area contributed by atoms with Gasteiger partial charge in [0, 0.05) is 18.5 Å². The van der Waals surface area contributed by atoms with Gasteiger partial charge in [0.1, 0.15) is 5.75 Å². The van der Waals surface area contributed by atoms with E-state index in [9.17, 15) is 5.11 Å². The predicted molar refractivity (Wildman–Crippen MR) is 89.0 cm³/mol. The Balaban J connectivity index is 2.89. The molecule has 0 amide bonds. The van der Waals surface area contributed by atoms with E-state index in [4.69, 9.17) is 4.74 Å². The highest BCUT2D eigenvalue weighted by molar-refractivity contribution is 5.58. The Morgan fingerprint density at radius 2 is 1.90 bits per heavy atom. The lowest BCUT2D eigenvalue weighted by Crippen LogP contribution is -2.32. The monoisotopic (exact) mass is 294 g/mol. The third kappa shape index (κ3) is 4.90. The van der Waals surface area contributed by atoms with Gasteiger partial charge in [-0.2, -0.15) is 0 Å². The van der Waals surface area contributed by atoms with Gasteiger partial charge in [-0.25, -0.2) is 0 Å². The maximum atomic E-state index is 9.68. The van der Waals surface area contributed by atoms with E-state index in [0.717, 1.165) is 37.4 Å². The number of rotatable bonds is 9. The van der Waals surface area contributed by atoms with E-state index >= 15 is 0 Å². The van der Waals surface area contributed by atoms with Crippen LogP contribution in [0.5, 0.6) is 5.75 Å². The van der Waals surface area contributed by atoms with Gasteiger partial charge in [0.2, 0.25) is 0 Å². The van der Waals surface area contributed by atoms with Gasteiger partial charge in [-0.05, 0) is 44.6 Å². The summed E-state index contributed by atoms with van der Waals surface area (Å²) in [4.78, 5) is 2.14. The number of nitrogens with zero attached hydrogens (tertiary/aromatic N) is 1. The molecule has 0 atom stereocenters. The van der Waals surface area contributed by atoms with Crippen LogP contribution in [-0.4, -0.2) is 44.4 Å². The molecule has 0 saturated carbocycles. The molecule has 0 heterocycles. The number of methoxy groups -OCH3 is 1. The maximum Gasteiger partial charge on any atom is 0.141 e. The fourth-order valence-electron chi connectivity index (χ4n) is 2.42. The third-order valence-corrected chi connectivity index (χ3v) is 4.25. The molecule has 0 spiro atoms. The minimum absolute atomic E-state index is 0.0669. The molecule has 120 valence electrons. The number of aliphatic hydroxyl groups is 1. The number of nitrogens with one attached hydrogen (secondary N) is 1. The first-order chi connectivity index (χ1) is 10.00. The minimum atomic E-state index is -0.0669. The smallest absolute Gasteiger partial charge is 0.141 e. The number of benzene rings is 1. The lowest BCUT2D eigenvalue weighted by molar-refractivity contribution is 0.127. The molecule has 1 aromatic carbocycles. The fraction of sp³-hybridized carbons (Fsp3) is 0.647. The molecular weight excluding hydrogens is 264 g/mol. The molecule has 1 aromatic rings. The molecule has 2 N–H and O–H groups in total. The summed E-state index contributed by atoms with van der Waals surface area (Å²) in [6, 6.07) is 6.22. The SMILES string of the molecule is CCC(CC)(CO)CNc1cc(CN(C)C)ccc1OC. The number of aliphatic hydroxyl groups excluding tert-OH is 1. The van der Waals surface area contributed by atoms with E-state index in [1.54, 1.807) is 7.11 Å². The number of hydrogen-bond donors (Lipinski definition) is 2. The molecule has 0 saturated heterocycles. The largest absolute Gasteiger partial charge is 0.495 e. The first kappa shape index (κ1) is 17.8. The van der Waals surface area contributed by atoms with Crippen molar-refractivity contribution in [2.75, 3.05) is 39.7 Å². The van der Waals surface area contributed by atoms with Crippen molar-refractivity contribution in [3.05, 3.63) is 23.8 Å². The summed E-state index contributed by atoms with van der Waals surface area (Å²) in [5, 5.41) is 13.1. The van der Waals surface area contributed by atoms with Crippen LogP contribution in [0.2, 0.25) is 0 Å². The number of anilines is 1. The van der Waals surface area contributed by atoms with Crippen LogP contribution in [0.3, 0.4) is 0 Å². The Morgan fingerprint density at radius 1 is 1.24 bits per heavy atom. The minimum Gasteiger partial charge on any atom is -0.495 e. The van der Waals surface area contributed by atoms with E-state index < -0.39 is 0 Å². The van der Waals surface area contributed by atoms with Gasteiger partial charge in [-0.1, -0.05) is 19.9 Å². The summed E-state index contributed by atoms with van der Waals surface area (Å²) in [6.07, 6.45) is 1.90. The number of hydrogen-bond acceptors (Lipinski definition) is 4. The van der Waals surface area contributed by atoms with Crippen molar-refractivity contribution in [2.24, 2.45) is 5.41 Å². The molecule has 0 unspecified atom stereocenters. The molecule has 21 heavy (non-hydrogen) atoms. The zero-order valence-electron chi connectivity index (χ0n) is 14.1. The van der Waals surface area contributed by atoms with Gasteiger partial charge < -0.3 is 20.1 Å². The van der Waals surface area contributed by atoms with Crippen molar-refractivity contribution >= 4 is 5.69 Å². The van der Waals surface area contributed by atoms with Crippen molar-refractivity contribution in [2.45, 2.75) is 33.2 Å². The quantitative estimate of drug-likeness (QED) is 0.735. The van der Waals surface area contributed by atoms with E-state index in [0.29, 0.717) is 0 Å². The zero-order chi connectivity index (χ0) is 15.9. The zero-order valence-corrected chi connectivity index (χ0v) is 14.1. The van der Waals surface area contributed by atoms with Crippen LogP contribution < -0.4 is 10.1 Å². The second-order valence-corrected chi connectivity index (χ2v) is 5.99. The van der Waals surface area contributed by atoms with Crippen LogP contribution in [0.1, 0.15) is 32.3 Å². The molecule has 0 aliphatic heterocycles. The Morgan fingerprint density at radius 3 is 2.38 bits per heavy atom. The maximum absolute atomic E-state index is 9.68. The van der Waals surface area contributed by atoms with Crippen LogP contribution in [0.15, 0.2) is 18.2 Å². The van der Waals surface area contributed by atoms with Gasteiger partial charge in [-0.15, -0.1) is 0 Å². The fourth-order valence-corrected chi connectivity index (χ4v) is 2.42. The summed E-state index contributed by atoms with van der Waals surface area (Å²) < 4.78 is 5.43. The summed E-state index contributed by atoms with van der Waals surface area (Å²) >= 11 is 0. The van der Waals surface area contributed by atoms with Gasteiger partial charge in [-0.3, -0.25) is 0 Å². The van der Waals surface area contributed by atoms with Crippen molar-refractivity contribution in [3.63, 3.8) is 0 Å². The average molecular weight is 294 g/mol. The second-order valence-electron chi connectivity index (χ2n) is 5.99. The van der Waals surface area contributed by atoms with Crippen molar-refractivity contribution < 1.29 is 9.84 Å². The van der Waals surface area contributed by atoms with Gasteiger partial charge in [0.05, 0.1) is 19.4 Å². The first-order valence-corrected chi connectivity index (χ1v) is 7.66. The van der Waals surface area contributed by atoms with Crippen LogP contribution >= 0.6 is 0 Å². The molecular formula is C17H30N2O2. The molecule has 4 heteroatoms. The van der Waals surface area contributed by atoms with Crippen molar-refractivity contribution in [3.8, 4) is 5.75 Å². The first-order valence-electron chi connectivity index (χ1n) is 7.66. The predicted octanol–water partition coefficient (Wildman–Crippen LogP) is 2.97. The number of ether oxygens (including phenoxy) is 1. The van der Waals surface area contributed by atoms with Crippen LogP contribution in [0, 0.1) is 5.41 Å². The van der Waals surface area contributed by atoms with E-state index in [1.807, 2.05) is 6.07 Å². The molecule has 0 radical (unpaired) electrons. The highest BCUT2D eigenvalue weighted by Crippen LogP contribution is 2.30. The Kier molecular flexibility index (Phi) is 6.99. The topological polar surface area (TPSA) is 44.7 Å². The molecule has 1 rings (SSSR count). The van der Waals surface area contributed by atoms with Crippen molar-refractivity contribution in [1.82, 2.24) is 4.90 Å². The lowest BCUT2D eigenvalue weighted by atomic mass is 9.83. The highest BCUT2D eigenvalue weighted by Gasteiger charge is 2.25. The molecule has 0 bridgehead atoms. The van der Waals surface area contributed by atoms with Gasteiger partial charge in [0.15, 0.2) is 0 Å². The third-order valence-electron chi connectivity index (χ3n) is 4.25. The summed E-state index contributed by atoms with van der Waals surface area (Å²) in [7, 11) is 5.80. The average Bonchev–Trinajstić information content (AvgIpc) is 2.49. The molecule has 0 aromatic heterocycles. The highest BCUT2D eigenvalue weighted by atomic mass is 16.5. The van der Waals surface area contributed by atoms with Gasteiger partial charge in [0.25, 0.3) is 0 Å². The van der Waals surface area contributed by atoms with Crippen LogP contribution in [0.4, 0.5) is 5.69 Å². The molecule has 0 fully saturated rings. The Labute approximate surface area is 129 Å².